The van der Waals surface area contributed by atoms with Crippen molar-refractivity contribution < 1.29 is 28.1 Å². The van der Waals surface area contributed by atoms with E-state index >= 15 is 0 Å². The molecule has 0 unspecified atom stereocenters. The Morgan fingerprint density at radius 3 is 2.47 bits per heavy atom. The van der Waals surface area contributed by atoms with Crippen LogP contribution in [0.1, 0.15) is 12.0 Å². The van der Waals surface area contributed by atoms with Crippen molar-refractivity contribution in [3.8, 4) is 17.1 Å². The lowest BCUT2D eigenvalue weighted by Gasteiger charge is -2.03. The average Bonchev–Trinajstić information content (AvgIpc) is 2.99. The number of H-pyrrole nitrogens is 1. The van der Waals surface area contributed by atoms with Crippen LogP contribution in [0.15, 0.2) is 82.9 Å². The van der Waals surface area contributed by atoms with Crippen molar-refractivity contribution in [1.82, 2.24) is 5.33 Å². The molecule has 0 fully saturated rings. The topological polar surface area (TPSA) is 94.7 Å². The third kappa shape index (κ3) is 5.51. The minimum Gasteiger partial charge on any atom is -0.463 e. The zero-order valence-electron chi connectivity index (χ0n) is 16.3. The van der Waals surface area contributed by atoms with Crippen LogP contribution in [0.3, 0.4) is 0 Å². The summed E-state index contributed by atoms with van der Waals surface area (Å²) in [4.78, 5) is 22.3. The monoisotopic (exact) mass is 407 g/mol. The van der Waals surface area contributed by atoms with Crippen LogP contribution in [-0.4, -0.2) is 23.9 Å². The van der Waals surface area contributed by atoms with Gasteiger partial charge >= 0.3 is 11.9 Å². The van der Waals surface area contributed by atoms with Crippen LogP contribution in [0.4, 0.5) is 0 Å². The molecule has 30 heavy (non-hydrogen) atoms. The first-order valence-corrected chi connectivity index (χ1v) is 9.26. The molecule has 3 aromatic rings. The third-order valence-electron chi connectivity index (χ3n) is 4.21. The summed E-state index contributed by atoms with van der Waals surface area (Å²) < 4.78 is 21.0. The molecule has 7 heteroatoms. The van der Waals surface area contributed by atoms with Crippen LogP contribution in [0, 0.1) is 0 Å². The summed E-state index contributed by atoms with van der Waals surface area (Å²) in [7, 11) is 0. The summed E-state index contributed by atoms with van der Waals surface area (Å²) in [6.07, 6.45) is 3.66. The molecule has 0 aliphatic heterocycles. The van der Waals surface area contributed by atoms with Gasteiger partial charge in [0.2, 0.25) is 0 Å². The lowest BCUT2D eigenvalue weighted by Crippen LogP contribution is -2.02. The fourth-order valence-electron chi connectivity index (χ4n) is 2.72. The molecule has 0 saturated carbocycles. The van der Waals surface area contributed by atoms with Gasteiger partial charge < -0.3 is 18.5 Å². The molecule has 0 aliphatic rings. The highest BCUT2D eigenvalue weighted by Crippen LogP contribution is 2.25. The van der Waals surface area contributed by atoms with Crippen LogP contribution in [0.5, 0.6) is 5.75 Å². The molecule has 2 aromatic carbocycles. The zero-order valence-corrected chi connectivity index (χ0v) is 16.3. The van der Waals surface area contributed by atoms with Crippen molar-refractivity contribution in [2.24, 2.45) is 0 Å². The summed E-state index contributed by atoms with van der Waals surface area (Å²) in [5, 5.41) is 3.31. The van der Waals surface area contributed by atoms with Crippen molar-refractivity contribution >= 4 is 22.9 Å². The van der Waals surface area contributed by atoms with Gasteiger partial charge in [-0.3, -0.25) is 0 Å². The lowest BCUT2D eigenvalue weighted by molar-refractivity contribution is -0.137. The zero-order chi connectivity index (χ0) is 21.3. The molecule has 3 rings (SSSR count). The Labute approximate surface area is 172 Å². The number of benzene rings is 2. The first kappa shape index (κ1) is 20.7. The predicted molar refractivity (Wildman–Crippen MR) is 111 cm³/mol. The smallest absolute Gasteiger partial charge is 0.335 e. The molecule has 0 spiro atoms. The minimum absolute atomic E-state index is 0.326. The van der Waals surface area contributed by atoms with Gasteiger partial charge in [0.25, 0.3) is 0 Å². The number of ether oxygens (including phenoxy) is 2. The van der Waals surface area contributed by atoms with Crippen LogP contribution in [-0.2, 0) is 20.7 Å². The van der Waals surface area contributed by atoms with Crippen molar-refractivity contribution in [1.29, 1.82) is 0 Å². The number of fused-ring (bicyclic) bond motifs is 1. The fourth-order valence-corrected chi connectivity index (χ4v) is 2.72. The SMILES string of the molecule is C=CC(=O)OCCCc1ccc2cc(-c3ccc(OC(=O)C=C)cc3)o[nH]oc2c1. The normalized spacial score (nSPS) is 10.3. The summed E-state index contributed by atoms with van der Waals surface area (Å²) in [5.41, 5.74) is 2.42. The van der Waals surface area contributed by atoms with E-state index < -0.39 is 11.9 Å². The van der Waals surface area contributed by atoms with Crippen LogP contribution in [0.25, 0.3) is 22.3 Å². The van der Waals surface area contributed by atoms with Gasteiger partial charge in [-0.1, -0.05) is 30.6 Å². The highest BCUT2D eigenvalue weighted by atomic mass is 16.7. The Hall–Kier alpha value is -4.00. The van der Waals surface area contributed by atoms with E-state index in [0.29, 0.717) is 30.1 Å². The molecular formula is C23H21NO6. The van der Waals surface area contributed by atoms with Crippen molar-refractivity contribution in [2.45, 2.75) is 12.8 Å². The van der Waals surface area contributed by atoms with E-state index in [-0.39, 0.29) is 0 Å². The van der Waals surface area contributed by atoms with E-state index in [1.165, 1.54) is 0 Å². The Bertz CT molecular complexity index is 1100. The molecule has 1 heterocycles. The minimum atomic E-state index is -0.522. The quantitative estimate of drug-likeness (QED) is 0.247. The Kier molecular flexibility index (Phi) is 6.89. The van der Waals surface area contributed by atoms with E-state index in [9.17, 15) is 9.59 Å². The summed E-state index contributed by atoms with van der Waals surface area (Å²) >= 11 is 0. The molecule has 0 atom stereocenters. The molecule has 1 N–H and O–H groups in total. The number of aromatic nitrogens is 1. The van der Waals surface area contributed by atoms with E-state index in [1.807, 2.05) is 24.3 Å². The number of aryl methyl sites for hydroxylation is 1. The van der Waals surface area contributed by atoms with Gasteiger partial charge in [-0.2, -0.15) is 0 Å². The molecule has 0 aliphatic carbocycles. The number of rotatable bonds is 8. The highest BCUT2D eigenvalue weighted by Gasteiger charge is 2.06. The van der Waals surface area contributed by atoms with E-state index in [0.717, 1.165) is 35.1 Å². The van der Waals surface area contributed by atoms with Gasteiger partial charge in [0.15, 0.2) is 11.3 Å². The van der Waals surface area contributed by atoms with Crippen LogP contribution in [0.2, 0.25) is 0 Å². The standard InChI is InChI=1S/C23H21NO6/c1-3-22(25)27-13-5-6-16-7-8-18-15-21(30-24-29-20(18)14-16)17-9-11-19(12-10-17)28-23(26)4-2/h3-4,7-12,14-15,24H,1-2,5-6,13H2. The number of esters is 2. The molecule has 154 valence electrons. The Balaban J connectivity index is 1.75. The Morgan fingerprint density at radius 2 is 1.73 bits per heavy atom. The van der Waals surface area contributed by atoms with Gasteiger partial charge in [0.1, 0.15) is 5.75 Å². The van der Waals surface area contributed by atoms with Crippen molar-refractivity contribution in [3.63, 3.8) is 0 Å². The highest BCUT2D eigenvalue weighted by molar-refractivity contribution is 5.83. The van der Waals surface area contributed by atoms with E-state index in [1.54, 1.807) is 24.3 Å². The Morgan fingerprint density at radius 1 is 0.967 bits per heavy atom. The fraction of sp³-hybridized carbons (Fsp3) is 0.130. The number of aromatic amines is 1. The molecule has 0 saturated heterocycles. The largest absolute Gasteiger partial charge is 0.463 e. The number of hydrogen-bond donors (Lipinski definition) is 1. The molecule has 0 amide bonds. The van der Waals surface area contributed by atoms with Crippen LogP contribution >= 0.6 is 0 Å². The maximum atomic E-state index is 11.3. The molecule has 0 bridgehead atoms. The maximum Gasteiger partial charge on any atom is 0.335 e. The van der Waals surface area contributed by atoms with E-state index in [2.05, 4.69) is 18.5 Å². The number of carbonyl (C=O) groups excluding carboxylic acids is 2. The van der Waals surface area contributed by atoms with Crippen LogP contribution < -0.4 is 4.74 Å². The van der Waals surface area contributed by atoms with Gasteiger partial charge in [0, 0.05) is 23.1 Å². The maximum absolute atomic E-state index is 11.3. The number of nitrogens with one attached hydrogen (secondary N) is 1. The van der Waals surface area contributed by atoms with E-state index in [4.69, 9.17) is 18.5 Å². The van der Waals surface area contributed by atoms with Gasteiger partial charge in [-0.15, -0.1) is 0 Å². The molecule has 7 nitrogen and oxygen atoms in total. The first-order chi connectivity index (χ1) is 14.6. The van der Waals surface area contributed by atoms with Crippen molar-refractivity contribution in [3.05, 3.63) is 79.4 Å². The number of carbonyl (C=O) groups is 2. The second-order valence-corrected chi connectivity index (χ2v) is 6.29. The molecular weight excluding hydrogens is 386 g/mol. The first-order valence-electron chi connectivity index (χ1n) is 9.26. The second-order valence-electron chi connectivity index (χ2n) is 6.29. The summed E-state index contributed by atoms with van der Waals surface area (Å²) in [5.74, 6) is 0.00264. The number of hydrogen-bond acceptors (Lipinski definition) is 6. The summed E-state index contributed by atoms with van der Waals surface area (Å²) in [6, 6.07) is 14.5. The predicted octanol–water partition coefficient (Wildman–Crippen LogP) is 4.90. The average molecular weight is 407 g/mol. The summed E-state index contributed by atoms with van der Waals surface area (Å²) in [6.45, 7) is 7.06. The van der Waals surface area contributed by atoms with Gasteiger partial charge in [0.05, 0.1) is 6.61 Å². The second kappa shape index (κ2) is 9.97. The van der Waals surface area contributed by atoms with Gasteiger partial charge in [-0.25, -0.2) is 9.59 Å². The lowest BCUT2D eigenvalue weighted by atomic mass is 10.1. The molecule has 1 aromatic heterocycles. The van der Waals surface area contributed by atoms with Crippen molar-refractivity contribution in [2.75, 3.05) is 6.61 Å². The van der Waals surface area contributed by atoms with Gasteiger partial charge in [-0.05, 0) is 54.8 Å². The third-order valence-corrected chi connectivity index (χ3v) is 4.21. The molecule has 0 radical (unpaired) electrons.